The highest BCUT2D eigenvalue weighted by molar-refractivity contribution is 6.08. The van der Waals surface area contributed by atoms with Crippen LogP contribution in [-0.4, -0.2) is 76.5 Å². The molecule has 1 aliphatic carbocycles. The van der Waals surface area contributed by atoms with Gasteiger partial charge in [0, 0.05) is 31.8 Å². The van der Waals surface area contributed by atoms with Crippen molar-refractivity contribution in [3.05, 3.63) is 0 Å². The van der Waals surface area contributed by atoms with Crippen molar-refractivity contribution in [3.63, 3.8) is 0 Å². The number of hydrogen-bond donors (Lipinski definition) is 0. The molecular formula is C19H27N3O4. The van der Waals surface area contributed by atoms with Crippen LogP contribution in [0.4, 0.5) is 4.79 Å². The first kappa shape index (κ1) is 16.5. The number of amides is 4. The molecule has 4 aliphatic heterocycles. The van der Waals surface area contributed by atoms with E-state index in [1.165, 1.54) is 11.3 Å². The SMILES string of the molecule is O=C1C(N2C(=O)C3CC4CCCCC4N3C2=O)CCN1C1CCOCC1. The molecule has 7 heteroatoms. The summed E-state index contributed by atoms with van der Waals surface area (Å²) in [7, 11) is 0. The molecular weight excluding hydrogens is 334 g/mol. The third-order valence-corrected chi connectivity index (χ3v) is 7.19. The van der Waals surface area contributed by atoms with Gasteiger partial charge in [-0.1, -0.05) is 12.8 Å². The molecule has 0 aromatic rings. The smallest absolute Gasteiger partial charge is 0.328 e. The van der Waals surface area contributed by atoms with E-state index in [1.54, 1.807) is 0 Å². The van der Waals surface area contributed by atoms with Crippen molar-refractivity contribution in [1.82, 2.24) is 14.7 Å². The van der Waals surface area contributed by atoms with Gasteiger partial charge < -0.3 is 14.5 Å². The number of likely N-dealkylation sites (tertiary alicyclic amines) is 1. The lowest BCUT2D eigenvalue weighted by molar-refractivity contribution is -0.140. The van der Waals surface area contributed by atoms with Crippen LogP contribution in [0.2, 0.25) is 0 Å². The number of carbonyl (C=O) groups is 3. The Morgan fingerprint density at radius 2 is 1.62 bits per heavy atom. The molecule has 4 atom stereocenters. The van der Waals surface area contributed by atoms with E-state index in [-0.39, 0.29) is 36.0 Å². The number of fused-ring (bicyclic) bond motifs is 3. The number of nitrogens with zero attached hydrogens (tertiary/aromatic N) is 3. The Kier molecular flexibility index (Phi) is 3.95. The number of imide groups is 1. The Morgan fingerprint density at radius 1 is 0.846 bits per heavy atom. The van der Waals surface area contributed by atoms with E-state index in [4.69, 9.17) is 4.74 Å². The number of ether oxygens (including phenoxy) is 1. The molecule has 4 unspecified atom stereocenters. The van der Waals surface area contributed by atoms with E-state index in [0.717, 1.165) is 38.5 Å². The van der Waals surface area contributed by atoms with Crippen LogP contribution >= 0.6 is 0 Å². The maximum Gasteiger partial charge on any atom is 0.328 e. The third-order valence-electron chi connectivity index (χ3n) is 7.19. The Bertz CT molecular complexity index is 632. The molecule has 5 rings (SSSR count). The minimum absolute atomic E-state index is 0.0417. The summed E-state index contributed by atoms with van der Waals surface area (Å²) in [6.45, 7) is 2.00. The summed E-state index contributed by atoms with van der Waals surface area (Å²) in [5.74, 6) is 0.304. The zero-order valence-corrected chi connectivity index (χ0v) is 15.1. The second-order valence-corrected chi connectivity index (χ2v) is 8.44. The fourth-order valence-electron chi connectivity index (χ4n) is 5.91. The molecule has 0 radical (unpaired) electrons. The largest absolute Gasteiger partial charge is 0.381 e. The highest BCUT2D eigenvalue weighted by Crippen LogP contribution is 2.44. The molecule has 1 saturated carbocycles. The van der Waals surface area contributed by atoms with Gasteiger partial charge in [0.15, 0.2) is 0 Å². The quantitative estimate of drug-likeness (QED) is 0.697. The van der Waals surface area contributed by atoms with Gasteiger partial charge in [-0.25, -0.2) is 9.69 Å². The van der Waals surface area contributed by atoms with Crippen LogP contribution in [-0.2, 0) is 14.3 Å². The molecule has 4 heterocycles. The third kappa shape index (κ3) is 2.32. The van der Waals surface area contributed by atoms with Gasteiger partial charge in [0.25, 0.3) is 5.91 Å². The number of urea groups is 1. The maximum absolute atomic E-state index is 13.1. The predicted octanol–water partition coefficient (Wildman–Crippen LogP) is 1.36. The van der Waals surface area contributed by atoms with Crippen molar-refractivity contribution in [2.24, 2.45) is 5.92 Å². The van der Waals surface area contributed by atoms with Gasteiger partial charge in [-0.15, -0.1) is 0 Å². The van der Waals surface area contributed by atoms with Crippen LogP contribution < -0.4 is 0 Å². The topological polar surface area (TPSA) is 70.2 Å². The first-order valence-electron chi connectivity index (χ1n) is 10.2. The summed E-state index contributed by atoms with van der Waals surface area (Å²) >= 11 is 0. The molecule has 5 fully saturated rings. The Labute approximate surface area is 153 Å². The summed E-state index contributed by atoms with van der Waals surface area (Å²) in [5.41, 5.74) is 0. The molecule has 0 aromatic carbocycles. The van der Waals surface area contributed by atoms with Crippen LogP contribution in [0, 0.1) is 5.92 Å². The lowest BCUT2D eigenvalue weighted by atomic mass is 9.84. The molecule has 0 N–H and O–H groups in total. The van der Waals surface area contributed by atoms with Crippen molar-refractivity contribution in [2.45, 2.75) is 75.5 Å². The van der Waals surface area contributed by atoms with Gasteiger partial charge in [-0.3, -0.25) is 9.59 Å². The van der Waals surface area contributed by atoms with E-state index in [2.05, 4.69) is 0 Å². The van der Waals surface area contributed by atoms with Crippen LogP contribution in [0.25, 0.3) is 0 Å². The molecule has 0 aromatic heterocycles. The first-order valence-corrected chi connectivity index (χ1v) is 10.2. The highest BCUT2D eigenvalue weighted by atomic mass is 16.5. The second-order valence-electron chi connectivity index (χ2n) is 8.44. The van der Waals surface area contributed by atoms with Gasteiger partial charge in [-0.2, -0.15) is 0 Å². The fourth-order valence-corrected chi connectivity index (χ4v) is 5.91. The fraction of sp³-hybridized carbons (Fsp3) is 0.842. The maximum atomic E-state index is 13.1. The average molecular weight is 361 g/mol. The predicted molar refractivity (Wildman–Crippen MR) is 92.2 cm³/mol. The zero-order chi connectivity index (χ0) is 17.8. The van der Waals surface area contributed by atoms with Gasteiger partial charge >= 0.3 is 6.03 Å². The van der Waals surface area contributed by atoms with E-state index in [1.807, 2.05) is 9.80 Å². The summed E-state index contributed by atoms with van der Waals surface area (Å²) < 4.78 is 5.39. The van der Waals surface area contributed by atoms with Gasteiger partial charge in [0.2, 0.25) is 5.91 Å². The minimum Gasteiger partial charge on any atom is -0.381 e. The zero-order valence-electron chi connectivity index (χ0n) is 15.1. The van der Waals surface area contributed by atoms with Crippen LogP contribution in [0.1, 0.15) is 51.4 Å². The molecule has 4 amide bonds. The van der Waals surface area contributed by atoms with Gasteiger partial charge in [-0.05, 0) is 44.4 Å². The van der Waals surface area contributed by atoms with Gasteiger partial charge in [0.05, 0.1) is 0 Å². The molecule has 0 bridgehead atoms. The molecule has 0 spiro atoms. The number of carbonyl (C=O) groups excluding carboxylic acids is 3. The molecule has 5 aliphatic rings. The Balaban J connectivity index is 1.34. The summed E-state index contributed by atoms with van der Waals surface area (Å²) in [4.78, 5) is 44.2. The normalized spacial score (nSPS) is 38.3. The average Bonchev–Trinajstić information content (AvgIpc) is 3.29. The summed E-state index contributed by atoms with van der Waals surface area (Å²) in [6, 6.07) is -0.720. The molecule has 26 heavy (non-hydrogen) atoms. The van der Waals surface area contributed by atoms with Crippen LogP contribution in [0.3, 0.4) is 0 Å². The standard InChI is InChI=1S/C19H27N3O4/c23-17-15(5-8-20(17)13-6-9-26-10-7-13)22-18(24)16-11-12-3-1-2-4-14(12)21(16)19(22)25/h12-16H,1-11H2. The van der Waals surface area contributed by atoms with Gasteiger partial charge in [0.1, 0.15) is 12.1 Å². The number of rotatable bonds is 2. The van der Waals surface area contributed by atoms with E-state index in [0.29, 0.717) is 32.1 Å². The highest BCUT2D eigenvalue weighted by Gasteiger charge is 2.59. The van der Waals surface area contributed by atoms with Crippen LogP contribution in [0.5, 0.6) is 0 Å². The second kappa shape index (κ2) is 6.22. The Hall–Kier alpha value is -1.63. The van der Waals surface area contributed by atoms with Crippen LogP contribution in [0.15, 0.2) is 0 Å². The molecule has 142 valence electrons. The van der Waals surface area contributed by atoms with Crippen molar-refractivity contribution < 1.29 is 19.1 Å². The lowest BCUT2D eigenvalue weighted by Gasteiger charge is -2.33. The molecule has 4 saturated heterocycles. The minimum atomic E-state index is -0.592. The van der Waals surface area contributed by atoms with E-state index in [9.17, 15) is 14.4 Å². The van der Waals surface area contributed by atoms with Crippen molar-refractivity contribution in [1.29, 1.82) is 0 Å². The lowest BCUT2D eigenvalue weighted by Crippen LogP contribution is -2.50. The summed E-state index contributed by atoms with van der Waals surface area (Å²) in [5, 5.41) is 0. The van der Waals surface area contributed by atoms with E-state index < -0.39 is 6.04 Å². The van der Waals surface area contributed by atoms with Crippen molar-refractivity contribution in [3.8, 4) is 0 Å². The van der Waals surface area contributed by atoms with E-state index >= 15 is 0 Å². The Morgan fingerprint density at radius 3 is 2.42 bits per heavy atom. The monoisotopic (exact) mass is 361 g/mol. The molecule has 7 nitrogen and oxygen atoms in total. The van der Waals surface area contributed by atoms with Crippen molar-refractivity contribution >= 4 is 17.8 Å². The van der Waals surface area contributed by atoms with Crippen molar-refractivity contribution in [2.75, 3.05) is 19.8 Å². The first-order chi connectivity index (χ1) is 12.7. The number of hydrogen-bond acceptors (Lipinski definition) is 4. The summed E-state index contributed by atoms with van der Waals surface area (Å²) in [6.07, 6.45) is 7.51.